The summed E-state index contributed by atoms with van der Waals surface area (Å²) in [5.41, 5.74) is 6.60. The lowest BCUT2D eigenvalue weighted by atomic mass is 10.1. The number of hydrogen-bond acceptors (Lipinski definition) is 5. The molecule has 0 saturated heterocycles. The van der Waals surface area contributed by atoms with Gasteiger partial charge in [0.05, 0.1) is 26.1 Å². The molecule has 1 atom stereocenters. The van der Waals surface area contributed by atoms with Crippen LogP contribution in [0.3, 0.4) is 0 Å². The van der Waals surface area contributed by atoms with E-state index in [1.807, 2.05) is 54.6 Å². The van der Waals surface area contributed by atoms with Crippen LogP contribution in [0.4, 0.5) is 0 Å². The molecule has 3 N–H and O–H groups in total. The molecule has 1 aromatic heterocycles. The SMILES string of the molecule is COc1ccc(C(=O)NC(C)C(=O)NN=Cc2c(-c3ccccc3)[nH]c3ccccc23)cc1OC. The molecule has 2 amide bonds. The Labute approximate surface area is 203 Å². The quantitative estimate of drug-likeness (QED) is 0.266. The zero-order valence-electron chi connectivity index (χ0n) is 19.7. The number of nitrogens with zero attached hydrogens (tertiary/aromatic N) is 1. The molecule has 0 radical (unpaired) electrons. The molecule has 8 nitrogen and oxygen atoms in total. The first-order valence-electron chi connectivity index (χ1n) is 11.0. The molecule has 0 aliphatic heterocycles. The molecule has 0 spiro atoms. The maximum Gasteiger partial charge on any atom is 0.262 e. The lowest BCUT2D eigenvalue weighted by molar-refractivity contribution is -0.122. The van der Waals surface area contributed by atoms with Crippen molar-refractivity contribution in [2.45, 2.75) is 13.0 Å². The van der Waals surface area contributed by atoms with Crippen molar-refractivity contribution in [3.05, 3.63) is 83.9 Å². The van der Waals surface area contributed by atoms with Crippen LogP contribution in [0.15, 0.2) is 77.9 Å². The van der Waals surface area contributed by atoms with E-state index in [-0.39, 0.29) is 0 Å². The number of carbonyl (C=O) groups is 2. The molecule has 35 heavy (non-hydrogen) atoms. The zero-order chi connectivity index (χ0) is 24.8. The van der Waals surface area contributed by atoms with Gasteiger partial charge in [-0.3, -0.25) is 9.59 Å². The number of aromatic nitrogens is 1. The van der Waals surface area contributed by atoms with E-state index in [1.165, 1.54) is 14.2 Å². The lowest BCUT2D eigenvalue weighted by Gasteiger charge is -2.13. The normalized spacial score (nSPS) is 11.9. The van der Waals surface area contributed by atoms with Crippen LogP contribution in [0, 0.1) is 0 Å². The second kappa shape index (κ2) is 10.6. The van der Waals surface area contributed by atoms with Crippen molar-refractivity contribution in [3.8, 4) is 22.8 Å². The molecule has 0 aliphatic rings. The number of hydrazone groups is 1. The monoisotopic (exact) mass is 470 g/mol. The Morgan fingerprint density at radius 2 is 1.66 bits per heavy atom. The van der Waals surface area contributed by atoms with Gasteiger partial charge in [0, 0.05) is 22.0 Å². The Bertz CT molecular complexity index is 1380. The van der Waals surface area contributed by atoms with E-state index in [0.29, 0.717) is 17.1 Å². The smallest absolute Gasteiger partial charge is 0.262 e. The maximum absolute atomic E-state index is 12.6. The van der Waals surface area contributed by atoms with Crippen LogP contribution in [-0.2, 0) is 4.79 Å². The summed E-state index contributed by atoms with van der Waals surface area (Å²) in [4.78, 5) is 28.6. The molecule has 1 unspecified atom stereocenters. The summed E-state index contributed by atoms with van der Waals surface area (Å²) in [5, 5.41) is 7.82. The van der Waals surface area contributed by atoms with Gasteiger partial charge in [-0.05, 0) is 36.8 Å². The fourth-order valence-electron chi connectivity index (χ4n) is 3.71. The summed E-state index contributed by atoms with van der Waals surface area (Å²) in [6.45, 7) is 1.59. The van der Waals surface area contributed by atoms with Crippen molar-refractivity contribution < 1.29 is 19.1 Å². The minimum Gasteiger partial charge on any atom is -0.493 e. The molecule has 1 heterocycles. The highest BCUT2D eigenvalue weighted by Crippen LogP contribution is 2.29. The van der Waals surface area contributed by atoms with Gasteiger partial charge in [-0.25, -0.2) is 5.43 Å². The van der Waals surface area contributed by atoms with Gasteiger partial charge in [0.2, 0.25) is 0 Å². The maximum atomic E-state index is 12.6. The first-order valence-corrected chi connectivity index (χ1v) is 11.0. The number of benzene rings is 3. The molecule has 0 aliphatic carbocycles. The van der Waals surface area contributed by atoms with Gasteiger partial charge in [0.25, 0.3) is 11.8 Å². The molecule has 4 aromatic rings. The molecule has 0 bridgehead atoms. The van der Waals surface area contributed by atoms with Crippen LogP contribution in [-0.4, -0.2) is 43.3 Å². The number of methoxy groups -OCH3 is 2. The Kier molecular flexibility index (Phi) is 7.11. The van der Waals surface area contributed by atoms with Crippen molar-refractivity contribution in [1.82, 2.24) is 15.7 Å². The average molecular weight is 471 g/mol. The predicted octanol–water partition coefficient (Wildman–Crippen LogP) is 4.12. The van der Waals surface area contributed by atoms with Gasteiger partial charge in [-0.15, -0.1) is 0 Å². The van der Waals surface area contributed by atoms with E-state index in [9.17, 15) is 9.59 Å². The summed E-state index contributed by atoms with van der Waals surface area (Å²) in [5.74, 6) is 0.0721. The molecule has 4 rings (SSSR count). The largest absolute Gasteiger partial charge is 0.493 e. The number of aromatic amines is 1. The molecule has 178 valence electrons. The first-order chi connectivity index (χ1) is 17.0. The summed E-state index contributed by atoms with van der Waals surface area (Å²) >= 11 is 0. The Balaban J connectivity index is 1.46. The zero-order valence-corrected chi connectivity index (χ0v) is 19.7. The van der Waals surface area contributed by atoms with E-state index in [2.05, 4.69) is 20.8 Å². The van der Waals surface area contributed by atoms with Crippen LogP contribution in [0.2, 0.25) is 0 Å². The fraction of sp³-hybridized carbons (Fsp3) is 0.148. The van der Waals surface area contributed by atoms with Gasteiger partial charge in [0.1, 0.15) is 6.04 Å². The minimum absolute atomic E-state index is 0.345. The molecule has 0 fully saturated rings. The molecule has 3 aromatic carbocycles. The number of rotatable bonds is 8. The van der Waals surface area contributed by atoms with Crippen molar-refractivity contribution in [3.63, 3.8) is 0 Å². The molecular formula is C27H26N4O4. The summed E-state index contributed by atoms with van der Waals surface area (Å²) in [6, 6.07) is 21.8. The summed E-state index contributed by atoms with van der Waals surface area (Å²) in [6.07, 6.45) is 1.61. The standard InChI is InChI=1S/C27H26N4O4/c1-17(29-27(33)19-13-14-23(34-2)24(15-19)35-3)26(32)31-28-16-21-20-11-7-8-12-22(20)30-25(21)18-9-5-4-6-10-18/h4-17,30H,1-3H3,(H,29,33)(H,31,32). The fourth-order valence-corrected chi connectivity index (χ4v) is 3.71. The van der Waals surface area contributed by atoms with Crippen LogP contribution in [0.25, 0.3) is 22.2 Å². The van der Waals surface area contributed by atoms with Crippen molar-refractivity contribution in [2.24, 2.45) is 5.10 Å². The number of fused-ring (bicyclic) bond motifs is 1. The van der Waals surface area contributed by atoms with E-state index >= 15 is 0 Å². The van der Waals surface area contributed by atoms with Gasteiger partial charge >= 0.3 is 0 Å². The first kappa shape index (κ1) is 23.6. The molecule has 0 saturated carbocycles. The highest BCUT2D eigenvalue weighted by atomic mass is 16.5. The third-order valence-electron chi connectivity index (χ3n) is 5.56. The molecule has 8 heteroatoms. The number of H-pyrrole nitrogens is 1. The molecular weight excluding hydrogens is 444 g/mol. The summed E-state index contributed by atoms with van der Waals surface area (Å²) in [7, 11) is 3.01. The van der Waals surface area contributed by atoms with Crippen molar-refractivity contribution in [1.29, 1.82) is 0 Å². The van der Waals surface area contributed by atoms with Crippen molar-refractivity contribution >= 4 is 28.9 Å². The van der Waals surface area contributed by atoms with Crippen molar-refractivity contribution in [2.75, 3.05) is 14.2 Å². The minimum atomic E-state index is -0.815. The van der Waals surface area contributed by atoms with Gasteiger partial charge in [-0.1, -0.05) is 48.5 Å². The Hall–Kier alpha value is -4.59. The van der Waals surface area contributed by atoms with E-state index in [4.69, 9.17) is 9.47 Å². The number of nitrogens with one attached hydrogen (secondary N) is 3. The number of hydrogen-bond donors (Lipinski definition) is 3. The number of carbonyl (C=O) groups excluding carboxylic acids is 2. The third kappa shape index (κ3) is 5.16. The van der Waals surface area contributed by atoms with Crippen LogP contribution >= 0.6 is 0 Å². The van der Waals surface area contributed by atoms with E-state index in [0.717, 1.165) is 27.7 Å². The number of amides is 2. The van der Waals surface area contributed by atoms with Crippen LogP contribution < -0.4 is 20.2 Å². The second-order valence-corrected chi connectivity index (χ2v) is 7.82. The highest BCUT2D eigenvalue weighted by molar-refractivity contribution is 6.06. The average Bonchev–Trinajstić information content (AvgIpc) is 3.27. The number of ether oxygens (including phenoxy) is 2. The Morgan fingerprint density at radius 1 is 0.943 bits per heavy atom. The highest BCUT2D eigenvalue weighted by Gasteiger charge is 2.18. The lowest BCUT2D eigenvalue weighted by Crippen LogP contribution is -2.43. The van der Waals surface area contributed by atoms with Crippen LogP contribution in [0.5, 0.6) is 11.5 Å². The van der Waals surface area contributed by atoms with E-state index in [1.54, 1.807) is 31.3 Å². The number of para-hydroxylation sites is 1. The summed E-state index contributed by atoms with van der Waals surface area (Å²) < 4.78 is 10.4. The van der Waals surface area contributed by atoms with Gasteiger partial charge in [0.15, 0.2) is 11.5 Å². The topological polar surface area (TPSA) is 105 Å². The van der Waals surface area contributed by atoms with Crippen LogP contribution in [0.1, 0.15) is 22.8 Å². The van der Waals surface area contributed by atoms with Gasteiger partial charge < -0.3 is 19.8 Å². The predicted molar refractivity (Wildman–Crippen MR) is 136 cm³/mol. The third-order valence-corrected chi connectivity index (χ3v) is 5.56. The Morgan fingerprint density at radius 3 is 2.40 bits per heavy atom. The van der Waals surface area contributed by atoms with E-state index < -0.39 is 17.9 Å². The second-order valence-electron chi connectivity index (χ2n) is 7.82. The van der Waals surface area contributed by atoms with Gasteiger partial charge in [-0.2, -0.15) is 5.10 Å².